The normalized spacial score (nSPS) is 32.0. The first-order chi connectivity index (χ1) is 12.5. The molecular weight excluding hydrogens is 338 g/mol. The lowest BCUT2D eigenvalue weighted by Gasteiger charge is -2.26. The van der Waals surface area contributed by atoms with Gasteiger partial charge in [0.05, 0.1) is 4.91 Å². The van der Waals surface area contributed by atoms with Gasteiger partial charge in [-0.1, -0.05) is 12.1 Å². The zero-order chi connectivity index (χ0) is 18.4. The van der Waals surface area contributed by atoms with E-state index in [4.69, 9.17) is 5.21 Å². The van der Waals surface area contributed by atoms with Crippen molar-refractivity contribution in [2.45, 2.75) is 32.0 Å². The van der Waals surface area contributed by atoms with Crippen LogP contribution in [-0.2, 0) is 16.1 Å². The van der Waals surface area contributed by atoms with Crippen LogP contribution in [-0.4, -0.2) is 44.7 Å². The number of aliphatic hydroxyl groups excluding tert-OH is 1. The fraction of sp³-hybridized carbons (Fsp3) is 0.556. The first-order valence-electron chi connectivity index (χ1n) is 8.96. The molecule has 138 valence electrons. The van der Waals surface area contributed by atoms with E-state index < -0.39 is 6.23 Å². The number of aliphatic hydroxyl groups is 1. The lowest BCUT2D eigenvalue weighted by molar-refractivity contribution is -0.729. The summed E-state index contributed by atoms with van der Waals surface area (Å²) in [6.07, 6.45) is 2.29. The minimum atomic E-state index is -0.861. The molecular formula is C18H22N3O5+. The van der Waals surface area contributed by atoms with Gasteiger partial charge in [-0.25, -0.2) is 5.21 Å². The molecule has 4 rings (SSSR count). The van der Waals surface area contributed by atoms with Crippen molar-refractivity contribution in [1.82, 2.24) is 10.2 Å². The molecule has 2 amide bonds. The molecule has 5 atom stereocenters. The van der Waals surface area contributed by atoms with Crippen molar-refractivity contribution in [2.75, 3.05) is 6.54 Å². The number of rotatable bonds is 5. The number of amides is 2. The highest BCUT2D eigenvalue weighted by Gasteiger charge is 2.60. The summed E-state index contributed by atoms with van der Waals surface area (Å²) in [6.45, 7) is 0.0924. The summed E-state index contributed by atoms with van der Waals surface area (Å²) in [5.41, 5.74) is 0.860. The third-order valence-corrected chi connectivity index (χ3v) is 6.17. The van der Waals surface area contributed by atoms with E-state index in [1.54, 1.807) is 12.1 Å². The van der Waals surface area contributed by atoms with Crippen LogP contribution in [0.3, 0.4) is 0 Å². The predicted molar refractivity (Wildman–Crippen MR) is 88.9 cm³/mol. The van der Waals surface area contributed by atoms with Crippen molar-refractivity contribution in [3.63, 3.8) is 0 Å². The molecule has 2 saturated carbocycles. The van der Waals surface area contributed by atoms with E-state index >= 15 is 0 Å². The maximum Gasteiger partial charge on any atom is 0.316 e. The minimum absolute atomic E-state index is 0.0184. The van der Waals surface area contributed by atoms with E-state index in [9.17, 15) is 19.6 Å². The lowest BCUT2D eigenvalue weighted by Crippen LogP contribution is -2.43. The van der Waals surface area contributed by atoms with Crippen molar-refractivity contribution in [3.05, 3.63) is 34.7 Å². The van der Waals surface area contributed by atoms with Crippen LogP contribution in [0.4, 0.5) is 5.69 Å². The largest absolute Gasteiger partial charge is 0.373 e. The second-order valence-corrected chi connectivity index (χ2v) is 7.53. The second kappa shape index (κ2) is 6.35. The molecule has 0 radical (unpaired) electrons. The molecule has 1 heterocycles. The molecule has 8 heteroatoms. The summed E-state index contributed by atoms with van der Waals surface area (Å²) < 4.78 is 0. The number of hydrogen-bond donors (Lipinski definition) is 3. The van der Waals surface area contributed by atoms with E-state index in [0.717, 1.165) is 24.8 Å². The lowest BCUT2D eigenvalue weighted by atomic mass is 9.81. The summed E-state index contributed by atoms with van der Waals surface area (Å²) in [5.74, 6) is 0.218. The summed E-state index contributed by atoms with van der Waals surface area (Å²) in [7, 11) is 0. The molecule has 2 aliphatic carbocycles. The van der Waals surface area contributed by atoms with Crippen molar-refractivity contribution in [2.24, 2.45) is 23.7 Å². The van der Waals surface area contributed by atoms with E-state index in [-0.39, 0.29) is 47.4 Å². The second-order valence-electron chi connectivity index (χ2n) is 7.53. The van der Waals surface area contributed by atoms with E-state index in [1.807, 2.05) is 0 Å². The Labute approximate surface area is 150 Å². The fourth-order valence-corrected chi connectivity index (χ4v) is 4.98. The van der Waals surface area contributed by atoms with Crippen molar-refractivity contribution in [1.29, 1.82) is 0 Å². The molecule has 3 fully saturated rings. The Morgan fingerprint density at radius 3 is 2.58 bits per heavy atom. The van der Waals surface area contributed by atoms with Crippen LogP contribution in [0.25, 0.3) is 0 Å². The number of hydrogen-bond acceptors (Lipinski definition) is 4. The summed E-state index contributed by atoms with van der Waals surface area (Å²) in [5, 5.41) is 22.1. The maximum absolute atomic E-state index is 12.6. The minimum Gasteiger partial charge on any atom is -0.373 e. The van der Waals surface area contributed by atoms with Crippen LogP contribution in [0, 0.1) is 28.6 Å². The monoisotopic (exact) mass is 360 g/mol. The Balaban J connectivity index is 1.33. The molecule has 1 unspecified atom stereocenters. The van der Waals surface area contributed by atoms with Gasteiger partial charge in [0.25, 0.3) is 4.92 Å². The fourth-order valence-electron chi connectivity index (χ4n) is 4.98. The molecule has 1 saturated heterocycles. The molecule has 1 aromatic rings. The van der Waals surface area contributed by atoms with Gasteiger partial charge in [-0.15, -0.1) is 0 Å². The third-order valence-electron chi connectivity index (χ3n) is 6.17. The highest BCUT2D eigenvalue weighted by atomic mass is 16.6. The van der Waals surface area contributed by atoms with Crippen LogP contribution < -0.4 is 5.32 Å². The van der Waals surface area contributed by atoms with E-state index in [0.29, 0.717) is 11.8 Å². The topological polar surface area (TPSA) is 110 Å². The van der Waals surface area contributed by atoms with Crippen molar-refractivity contribution in [3.8, 4) is 0 Å². The number of benzene rings is 1. The molecule has 3 aliphatic rings. The molecule has 2 bridgehead atoms. The van der Waals surface area contributed by atoms with Crippen molar-refractivity contribution >= 4 is 17.5 Å². The molecule has 0 spiro atoms. The highest BCUT2D eigenvalue weighted by molar-refractivity contribution is 5.88. The predicted octanol–water partition coefficient (Wildman–Crippen LogP) is 0.925. The molecule has 3 N–H and O–H groups in total. The van der Waals surface area contributed by atoms with Crippen LogP contribution in [0.2, 0.25) is 0 Å². The van der Waals surface area contributed by atoms with Gasteiger partial charge in [0.2, 0.25) is 11.8 Å². The molecule has 1 aliphatic heterocycles. The highest BCUT2D eigenvalue weighted by Crippen LogP contribution is 2.57. The van der Waals surface area contributed by atoms with Crippen LogP contribution in [0.5, 0.6) is 0 Å². The van der Waals surface area contributed by atoms with Gasteiger partial charge < -0.3 is 15.3 Å². The Hall–Kier alpha value is -2.48. The van der Waals surface area contributed by atoms with Gasteiger partial charge in [-0.05, 0) is 36.7 Å². The summed E-state index contributed by atoms with van der Waals surface area (Å²) >= 11 is 0. The van der Waals surface area contributed by atoms with Crippen molar-refractivity contribution < 1.29 is 24.8 Å². The standard InChI is InChI=1S/C18H21N3O5/c22-14(19-8-10-1-5-13(6-2-10)21(25)26)9-20-17(23)15-11-3-4-12(7-11)16(15)18(20)24/h1-2,5-6,11-12,15-17,23H,3-4,7-9H2,(H-,19,22,25,26)/p+1/t11-,12+,15-,16+,17?/m0/s1. The van der Waals surface area contributed by atoms with E-state index in [1.165, 1.54) is 17.0 Å². The van der Waals surface area contributed by atoms with Crippen LogP contribution in [0.1, 0.15) is 24.8 Å². The average Bonchev–Trinajstić information content (AvgIpc) is 3.30. The van der Waals surface area contributed by atoms with Gasteiger partial charge in [-0.2, -0.15) is 0 Å². The summed E-state index contributed by atoms with van der Waals surface area (Å²) in [4.78, 5) is 36.7. The quantitative estimate of drug-likeness (QED) is 0.677. The number of carbonyl (C=O) groups excluding carboxylic acids is 2. The third kappa shape index (κ3) is 2.74. The Morgan fingerprint density at radius 2 is 1.92 bits per heavy atom. The van der Waals surface area contributed by atoms with Gasteiger partial charge >= 0.3 is 5.69 Å². The number of nitrogens with zero attached hydrogens (tertiary/aromatic N) is 2. The smallest absolute Gasteiger partial charge is 0.316 e. The van der Waals surface area contributed by atoms with E-state index in [2.05, 4.69) is 5.32 Å². The first-order valence-corrected chi connectivity index (χ1v) is 8.96. The molecule has 0 aromatic heterocycles. The average molecular weight is 360 g/mol. The first kappa shape index (κ1) is 17.0. The van der Waals surface area contributed by atoms with Gasteiger partial charge in [0.1, 0.15) is 12.8 Å². The van der Waals surface area contributed by atoms with Crippen LogP contribution >= 0.6 is 0 Å². The number of fused-ring (bicyclic) bond motifs is 5. The zero-order valence-corrected chi connectivity index (χ0v) is 14.2. The maximum atomic E-state index is 12.6. The Bertz CT molecular complexity index is 750. The molecule has 26 heavy (non-hydrogen) atoms. The van der Waals surface area contributed by atoms with Gasteiger partial charge in [-0.3, -0.25) is 9.59 Å². The van der Waals surface area contributed by atoms with Gasteiger partial charge in [0.15, 0.2) is 0 Å². The number of likely N-dealkylation sites (tertiary alicyclic amines) is 1. The summed E-state index contributed by atoms with van der Waals surface area (Å²) in [6, 6.07) is 6.13. The van der Waals surface area contributed by atoms with Crippen LogP contribution in [0.15, 0.2) is 24.3 Å². The number of nitrogens with one attached hydrogen (secondary N) is 1. The SMILES string of the molecule is O=C(CN1C(=O)[C@@H]2[C@@H]3CC[C@@H](C3)[C@@H]2C1O)NCc1ccc([N+](=O)O)cc1. The molecule has 1 aromatic carbocycles. The Kier molecular flexibility index (Phi) is 4.14. The van der Waals surface area contributed by atoms with Gasteiger partial charge in [0, 0.05) is 30.5 Å². The number of carbonyl (C=O) groups is 2. The Morgan fingerprint density at radius 1 is 1.23 bits per heavy atom. The molecule has 8 nitrogen and oxygen atoms in total. The zero-order valence-electron chi connectivity index (χ0n) is 14.2.